The van der Waals surface area contributed by atoms with Crippen molar-refractivity contribution in [2.75, 3.05) is 6.61 Å². The maximum atomic E-state index is 12.0. The lowest BCUT2D eigenvalue weighted by molar-refractivity contribution is -0.198. The molecule has 0 aliphatic heterocycles. The summed E-state index contributed by atoms with van der Waals surface area (Å²) in [6.07, 6.45) is -6.49. The first-order chi connectivity index (χ1) is 6.25. The highest BCUT2D eigenvalue weighted by atomic mass is 19.4. The molecule has 0 radical (unpaired) electrons. The molecule has 0 spiro atoms. The molecular weight excluding hydrogens is 201 g/mol. The lowest BCUT2D eigenvalue weighted by Crippen LogP contribution is -2.43. The van der Waals surface area contributed by atoms with Crippen LogP contribution in [-0.4, -0.2) is 29.5 Å². The molecule has 0 heterocycles. The zero-order chi connectivity index (χ0) is 11.4. The summed E-state index contributed by atoms with van der Waals surface area (Å²) in [5.41, 5.74) is -2.45. The number of carbonyl (C=O) groups excluding carboxylic acids is 1. The third kappa shape index (κ3) is 3.95. The van der Waals surface area contributed by atoms with Gasteiger partial charge < -0.3 is 9.84 Å². The van der Waals surface area contributed by atoms with Gasteiger partial charge in [0.2, 0.25) is 0 Å². The number of rotatable bonds is 4. The van der Waals surface area contributed by atoms with Crippen LogP contribution in [0, 0.1) is 0 Å². The molecule has 0 fully saturated rings. The summed E-state index contributed by atoms with van der Waals surface area (Å²) in [6.45, 7) is 2.70. The Hall–Kier alpha value is -0.780. The predicted molar refractivity (Wildman–Crippen MR) is 42.5 cm³/mol. The van der Waals surface area contributed by atoms with Crippen LogP contribution < -0.4 is 0 Å². The van der Waals surface area contributed by atoms with Gasteiger partial charge in [-0.05, 0) is 13.3 Å². The van der Waals surface area contributed by atoms with Gasteiger partial charge in [0.1, 0.15) is 0 Å². The largest absolute Gasteiger partial charge is 0.464 e. The summed E-state index contributed by atoms with van der Waals surface area (Å²) in [5, 5.41) is 9.36. The monoisotopic (exact) mass is 214 g/mol. The molecule has 1 unspecified atom stereocenters. The van der Waals surface area contributed by atoms with E-state index in [4.69, 9.17) is 0 Å². The summed E-state index contributed by atoms with van der Waals surface area (Å²) in [7, 11) is 0. The second-order valence-electron chi connectivity index (χ2n) is 2.90. The van der Waals surface area contributed by atoms with E-state index >= 15 is 0 Å². The Kier molecular flexibility index (Phi) is 4.38. The van der Waals surface area contributed by atoms with E-state index in [0.29, 0.717) is 0 Å². The van der Waals surface area contributed by atoms with Gasteiger partial charge in [-0.15, -0.1) is 0 Å². The maximum Gasteiger partial charge on any atom is 0.392 e. The average Bonchev–Trinajstić information content (AvgIpc) is 2.01. The number of hydrogen-bond donors (Lipinski definition) is 1. The summed E-state index contributed by atoms with van der Waals surface area (Å²) in [5.74, 6) is -1.22. The van der Waals surface area contributed by atoms with Gasteiger partial charge in [-0.25, -0.2) is 4.79 Å². The van der Waals surface area contributed by atoms with Crippen LogP contribution in [0.25, 0.3) is 0 Å². The van der Waals surface area contributed by atoms with Crippen molar-refractivity contribution in [2.24, 2.45) is 0 Å². The Morgan fingerprint density at radius 2 is 1.86 bits per heavy atom. The molecule has 0 aliphatic carbocycles. The van der Waals surface area contributed by atoms with Crippen molar-refractivity contribution in [3.05, 3.63) is 0 Å². The van der Waals surface area contributed by atoms with E-state index in [1.807, 2.05) is 0 Å². The number of carbonyl (C=O) groups is 1. The first-order valence-corrected chi connectivity index (χ1v) is 4.21. The number of hydrogen-bond acceptors (Lipinski definition) is 3. The molecule has 0 aliphatic rings. The second-order valence-corrected chi connectivity index (χ2v) is 2.90. The molecule has 14 heavy (non-hydrogen) atoms. The Bertz CT molecular complexity index is 202. The summed E-state index contributed by atoms with van der Waals surface area (Å²) in [4.78, 5) is 11.0. The molecule has 1 N–H and O–H groups in total. The molecular formula is C8H13F3O3. The summed E-state index contributed by atoms with van der Waals surface area (Å²) < 4.78 is 40.3. The molecule has 3 nitrogen and oxygen atoms in total. The molecule has 6 heteroatoms. The van der Waals surface area contributed by atoms with Gasteiger partial charge in [0.25, 0.3) is 0 Å². The van der Waals surface area contributed by atoms with Crippen molar-refractivity contribution < 1.29 is 27.8 Å². The predicted octanol–water partition coefficient (Wildman–Crippen LogP) is 1.64. The number of ether oxygens (including phenoxy) is 1. The van der Waals surface area contributed by atoms with E-state index in [1.165, 1.54) is 13.8 Å². The molecule has 0 saturated heterocycles. The van der Waals surface area contributed by atoms with Gasteiger partial charge in [-0.1, -0.05) is 6.92 Å². The van der Waals surface area contributed by atoms with Crippen molar-refractivity contribution >= 4 is 5.97 Å². The van der Waals surface area contributed by atoms with Crippen LogP contribution in [-0.2, 0) is 9.53 Å². The van der Waals surface area contributed by atoms with E-state index in [1.54, 1.807) is 0 Å². The first kappa shape index (κ1) is 13.2. The smallest absolute Gasteiger partial charge is 0.392 e. The normalized spacial score (nSPS) is 16.1. The number of aliphatic hydroxyl groups is 1. The molecule has 84 valence electrons. The van der Waals surface area contributed by atoms with Crippen molar-refractivity contribution in [1.82, 2.24) is 0 Å². The van der Waals surface area contributed by atoms with Gasteiger partial charge in [0.05, 0.1) is 13.0 Å². The fourth-order valence-corrected chi connectivity index (χ4v) is 0.939. The van der Waals surface area contributed by atoms with Gasteiger partial charge >= 0.3 is 12.1 Å². The SMILES string of the molecule is CCOC(=O)C(O)(CC)CC(F)(F)F. The van der Waals surface area contributed by atoms with Gasteiger partial charge in [0.15, 0.2) is 5.60 Å². The Labute approximate surface area is 79.9 Å². The first-order valence-electron chi connectivity index (χ1n) is 4.21. The van der Waals surface area contributed by atoms with Crippen LogP contribution in [0.3, 0.4) is 0 Å². The van der Waals surface area contributed by atoms with Crippen LogP contribution in [0.2, 0.25) is 0 Å². The quantitative estimate of drug-likeness (QED) is 0.723. The number of halogens is 3. The maximum absolute atomic E-state index is 12.0. The lowest BCUT2D eigenvalue weighted by atomic mass is 9.96. The Morgan fingerprint density at radius 1 is 1.36 bits per heavy atom. The van der Waals surface area contributed by atoms with Crippen LogP contribution in [0.15, 0.2) is 0 Å². The molecule has 1 atom stereocenters. The third-order valence-corrected chi connectivity index (χ3v) is 1.73. The minimum atomic E-state index is -4.59. The molecule has 0 bridgehead atoms. The van der Waals surface area contributed by atoms with Gasteiger partial charge in [-0.3, -0.25) is 0 Å². The standard InChI is InChI=1S/C8H13F3O3/c1-3-7(13,5-8(9,10)11)6(12)14-4-2/h13H,3-5H2,1-2H3. The number of alkyl halides is 3. The fraction of sp³-hybridized carbons (Fsp3) is 0.875. The fourth-order valence-electron chi connectivity index (χ4n) is 0.939. The van der Waals surface area contributed by atoms with Crippen LogP contribution in [0.1, 0.15) is 26.7 Å². The number of esters is 1. The van der Waals surface area contributed by atoms with E-state index in [2.05, 4.69) is 4.74 Å². The second kappa shape index (κ2) is 4.63. The zero-order valence-corrected chi connectivity index (χ0v) is 8.02. The topological polar surface area (TPSA) is 46.5 Å². The van der Waals surface area contributed by atoms with Crippen molar-refractivity contribution in [3.8, 4) is 0 Å². The average molecular weight is 214 g/mol. The molecule has 0 amide bonds. The molecule has 0 aromatic carbocycles. The Balaban J connectivity index is 4.54. The highest BCUT2D eigenvalue weighted by Crippen LogP contribution is 2.30. The Morgan fingerprint density at radius 3 is 2.14 bits per heavy atom. The van der Waals surface area contributed by atoms with Crippen molar-refractivity contribution in [2.45, 2.75) is 38.5 Å². The zero-order valence-electron chi connectivity index (χ0n) is 8.02. The third-order valence-electron chi connectivity index (χ3n) is 1.73. The van der Waals surface area contributed by atoms with Crippen LogP contribution in [0.5, 0.6) is 0 Å². The van der Waals surface area contributed by atoms with Gasteiger partial charge in [0, 0.05) is 0 Å². The van der Waals surface area contributed by atoms with E-state index in [-0.39, 0.29) is 13.0 Å². The summed E-state index contributed by atoms with van der Waals surface area (Å²) in [6, 6.07) is 0. The molecule has 0 aromatic heterocycles. The highest BCUT2D eigenvalue weighted by molar-refractivity contribution is 5.79. The molecule has 0 saturated carbocycles. The minimum absolute atomic E-state index is 0.0565. The highest BCUT2D eigenvalue weighted by Gasteiger charge is 2.46. The molecule has 0 aromatic rings. The summed E-state index contributed by atoms with van der Waals surface area (Å²) >= 11 is 0. The van der Waals surface area contributed by atoms with Crippen molar-refractivity contribution in [1.29, 1.82) is 0 Å². The minimum Gasteiger partial charge on any atom is -0.464 e. The molecule has 0 rings (SSSR count). The van der Waals surface area contributed by atoms with Crippen LogP contribution >= 0.6 is 0 Å². The van der Waals surface area contributed by atoms with Gasteiger partial charge in [-0.2, -0.15) is 13.2 Å². The van der Waals surface area contributed by atoms with E-state index in [9.17, 15) is 23.1 Å². The van der Waals surface area contributed by atoms with Crippen molar-refractivity contribution in [3.63, 3.8) is 0 Å². The van der Waals surface area contributed by atoms with Crippen LogP contribution in [0.4, 0.5) is 13.2 Å². The van der Waals surface area contributed by atoms with E-state index < -0.39 is 24.2 Å². The van der Waals surface area contributed by atoms with E-state index in [0.717, 1.165) is 0 Å². The lowest BCUT2D eigenvalue weighted by Gasteiger charge is -2.25.